The first-order valence-corrected chi connectivity index (χ1v) is 14.0. The van der Waals surface area contributed by atoms with Crippen LogP contribution in [0.5, 0.6) is 0 Å². The van der Waals surface area contributed by atoms with Crippen LogP contribution in [0.1, 0.15) is 53.2 Å². The number of hydrogen-bond donors (Lipinski definition) is 2. The van der Waals surface area contributed by atoms with Crippen LogP contribution >= 0.6 is 11.6 Å². The fraction of sp³-hybridized carbons (Fsp3) is 0.367. The molecule has 5 rings (SSSR count). The molecule has 1 aromatic heterocycles. The van der Waals surface area contributed by atoms with Gasteiger partial charge in [-0.25, -0.2) is 4.39 Å². The molecule has 0 unspecified atom stereocenters. The van der Waals surface area contributed by atoms with Gasteiger partial charge in [-0.2, -0.15) is 13.2 Å². The van der Waals surface area contributed by atoms with Crippen molar-refractivity contribution in [1.29, 1.82) is 0 Å². The molecule has 2 aromatic carbocycles. The Bertz CT molecular complexity index is 1600. The van der Waals surface area contributed by atoms with Gasteiger partial charge in [0.1, 0.15) is 11.9 Å². The fourth-order valence-corrected chi connectivity index (χ4v) is 5.62. The Morgan fingerprint density at radius 3 is 2.51 bits per heavy atom. The standard InChI is InChI=1S/C30H28ClF4N3O5/c31-18-5-4-16-9-26(30(33,34)35)43-15-17-14-38(27(39)13-23(17)22(16)10-18)25(12-20-3-1-2-8-42-20)29(41)37-19-6-7-21(28(36)40)24(32)11-19/h4-7,10-11,13-14,20,25-26H,1-3,8-9,12,15H2,(H2,36,40)(H,37,41)/t20-,25-,26-/m0/s1. The van der Waals surface area contributed by atoms with Gasteiger partial charge in [0.2, 0.25) is 5.91 Å². The van der Waals surface area contributed by atoms with Crippen molar-refractivity contribution in [3.05, 3.63) is 86.5 Å². The number of rotatable bonds is 6. The second kappa shape index (κ2) is 12.5. The monoisotopic (exact) mass is 621 g/mol. The lowest BCUT2D eigenvalue weighted by molar-refractivity contribution is -0.223. The second-order valence-electron chi connectivity index (χ2n) is 10.6. The first kappa shape index (κ1) is 30.7. The Morgan fingerprint density at radius 1 is 1.07 bits per heavy atom. The zero-order valence-corrected chi connectivity index (χ0v) is 23.5. The molecule has 3 N–H and O–H groups in total. The van der Waals surface area contributed by atoms with E-state index in [9.17, 15) is 31.9 Å². The second-order valence-corrected chi connectivity index (χ2v) is 11.0. The number of nitrogens with one attached hydrogen (secondary N) is 1. The predicted molar refractivity (Wildman–Crippen MR) is 150 cm³/mol. The summed E-state index contributed by atoms with van der Waals surface area (Å²) in [6.07, 6.45) is -3.87. The van der Waals surface area contributed by atoms with Gasteiger partial charge >= 0.3 is 6.18 Å². The maximum atomic E-state index is 14.4. The van der Waals surface area contributed by atoms with Crippen LogP contribution in [0.25, 0.3) is 11.1 Å². The summed E-state index contributed by atoms with van der Waals surface area (Å²) in [5.74, 6) is -2.61. The van der Waals surface area contributed by atoms with Crippen molar-refractivity contribution >= 4 is 29.1 Å². The van der Waals surface area contributed by atoms with E-state index in [4.69, 9.17) is 26.8 Å². The van der Waals surface area contributed by atoms with Gasteiger partial charge in [0, 0.05) is 48.0 Å². The van der Waals surface area contributed by atoms with E-state index in [-0.39, 0.29) is 34.4 Å². The number of hydrogen-bond acceptors (Lipinski definition) is 5. The summed E-state index contributed by atoms with van der Waals surface area (Å²) in [7, 11) is 0. The van der Waals surface area contributed by atoms with Crippen LogP contribution in [0.3, 0.4) is 0 Å². The number of anilines is 1. The molecule has 228 valence electrons. The molecule has 43 heavy (non-hydrogen) atoms. The van der Waals surface area contributed by atoms with Gasteiger partial charge in [-0.05, 0) is 66.3 Å². The Labute approximate surface area is 248 Å². The van der Waals surface area contributed by atoms with E-state index >= 15 is 0 Å². The molecule has 0 bridgehead atoms. The minimum atomic E-state index is -4.65. The highest BCUT2D eigenvalue weighted by molar-refractivity contribution is 6.30. The van der Waals surface area contributed by atoms with Crippen molar-refractivity contribution in [1.82, 2.24) is 4.57 Å². The highest BCUT2D eigenvalue weighted by Crippen LogP contribution is 2.37. The molecule has 0 spiro atoms. The normalized spacial score (nSPS) is 19.4. The lowest BCUT2D eigenvalue weighted by Gasteiger charge is -2.29. The van der Waals surface area contributed by atoms with E-state index in [2.05, 4.69) is 5.32 Å². The van der Waals surface area contributed by atoms with Gasteiger partial charge in [0.25, 0.3) is 11.5 Å². The van der Waals surface area contributed by atoms with Crippen LogP contribution < -0.4 is 16.6 Å². The number of primary amides is 1. The van der Waals surface area contributed by atoms with E-state index in [1.807, 2.05) is 0 Å². The lowest BCUT2D eigenvalue weighted by Crippen LogP contribution is -2.38. The van der Waals surface area contributed by atoms with Crippen molar-refractivity contribution in [3.8, 4) is 11.1 Å². The Kier molecular flexibility index (Phi) is 8.91. The summed E-state index contributed by atoms with van der Waals surface area (Å²) < 4.78 is 68.1. The molecule has 1 saturated heterocycles. The number of carbonyl (C=O) groups is 2. The summed E-state index contributed by atoms with van der Waals surface area (Å²) in [4.78, 5) is 38.7. The largest absolute Gasteiger partial charge is 0.414 e. The van der Waals surface area contributed by atoms with Crippen molar-refractivity contribution in [2.24, 2.45) is 5.73 Å². The van der Waals surface area contributed by atoms with Crippen LogP contribution in [0.15, 0.2) is 53.5 Å². The molecule has 3 heterocycles. The van der Waals surface area contributed by atoms with Crippen molar-refractivity contribution in [3.63, 3.8) is 0 Å². The lowest BCUT2D eigenvalue weighted by atomic mass is 9.92. The maximum Gasteiger partial charge on any atom is 0.414 e. The van der Waals surface area contributed by atoms with Crippen LogP contribution in [0.4, 0.5) is 23.2 Å². The summed E-state index contributed by atoms with van der Waals surface area (Å²) in [6, 6.07) is 7.88. The third kappa shape index (κ3) is 6.92. The topological polar surface area (TPSA) is 113 Å². The van der Waals surface area contributed by atoms with Gasteiger partial charge < -0.3 is 25.1 Å². The molecular formula is C30H28ClF4N3O5. The molecule has 1 fully saturated rings. The summed E-state index contributed by atoms with van der Waals surface area (Å²) in [6.45, 7) is -0.0120. The molecule has 2 aliphatic heterocycles. The number of nitrogens with two attached hydrogens (primary N) is 1. The molecule has 0 aliphatic carbocycles. The number of fused-ring (bicyclic) bond motifs is 3. The van der Waals surface area contributed by atoms with Crippen molar-refractivity contribution in [2.75, 3.05) is 11.9 Å². The number of benzene rings is 2. The fourth-order valence-electron chi connectivity index (χ4n) is 5.45. The highest BCUT2D eigenvalue weighted by Gasteiger charge is 2.42. The van der Waals surface area contributed by atoms with Gasteiger partial charge in [-0.1, -0.05) is 17.7 Å². The molecule has 0 saturated carbocycles. The quantitative estimate of drug-likeness (QED) is 0.351. The Hall–Kier alpha value is -3.74. The number of carbonyl (C=O) groups excluding carboxylic acids is 2. The molecule has 2 amide bonds. The minimum Gasteiger partial charge on any atom is -0.378 e. The highest BCUT2D eigenvalue weighted by atomic mass is 35.5. The Balaban J connectivity index is 1.56. The zero-order chi connectivity index (χ0) is 30.9. The van der Waals surface area contributed by atoms with Crippen LogP contribution in [-0.4, -0.2) is 41.4 Å². The third-order valence-electron chi connectivity index (χ3n) is 7.64. The first-order valence-electron chi connectivity index (χ1n) is 13.6. The molecule has 8 nitrogen and oxygen atoms in total. The molecule has 3 atom stereocenters. The zero-order valence-electron chi connectivity index (χ0n) is 22.8. The minimum absolute atomic E-state index is 0.0151. The number of nitrogens with zero attached hydrogens (tertiary/aromatic N) is 1. The molecule has 0 radical (unpaired) electrons. The summed E-state index contributed by atoms with van der Waals surface area (Å²) >= 11 is 6.19. The smallest absolute Gasteiger partial charge is 0.378 e. The molecular weight excluding hydrogens is 594 g/mol. The number of aromatic nitrogens is 1. The van der Waals surface area contributed by atoms with E-state index in [1.54, 1.807) is 0 Å². The average molecular weight is 622 g/mol. The van der Waals surface area contributed by atoms with Crippen molar-refractivity contribution < 1.29 is 36.6 Å². The Morgan fingerprint density at radius 2 is 1.84 bits per heavy atom. The van der Waals surface area contributed by atoms with Crippen molar-refractivity contribution in [2.45, 2.75) is 63.1 Å². The van der Waals surface area contributed by atoms with Gasteiger partial charge in [0.15, 0.2) is 6.10 Å². The van der Waals surface area contributed by atoms with Crippen LogP contribution in [-0.2, 0) is 27.3 Å². The van der Waals surface area contributed by atoms with E-state index in [0.717, 1.165) is 29.5 Å². The molecule has 13 heteroatoms. The van der Waals surface area contributed by atoms with Crippen LogP contribution in [0, 0.1) is 5.82 Å². The number of amides is 2. The SMILES string of the molecule is NC(=O)c1ccc(NC(=O)[C@H](C[C@@H]2CCCCO2)n2cc3c(cc2=O)-c2cc(Cl)ccc2C[C@@H](C(F)(F)F)OC3)cc1F. The van der Waals surface area contributed by atoms with Gasteiger partial charge in [-0.3, -0.25) is 14.4 Å². The summed E-state index contributed by atoms with van der Waals surface area (Å²) in [5.41, 5.74) is 5.48. The van der Waals surface area contributed by atoms with E-state index in [0.29, 0.717) is 29.7 Å². The molecule has 2 aliphatic rings. The number of alkyl halides is 3. The van der Waals surface area contributed by atoms with Gasteiger partial charge in [-0.15, -0.1) is 0 Å². The number of pyridine rings is 1. The van der Waals surface area contributed by atoms with E-state index < -0.39 is 54.5 Å². The average Bonchev–Trinajstić information content (AvgIpc) is 2.94. The summed E-state index contributed by atoms with van der Waals surface area (Å²) in [5, 5.41) is 2.85. The predicted octanol–water partition coefficient (Wildman–Crippen LogP) is 5.55. The van der Waals surface area contributed by atoms with Gasteiger partial charge in [0.05, 0.1) is 18.3 Å². The first-order chi connectivity index (χ1) is 20.4. The number of halogens is 5. The van der Waals surface area contributed by atoms with Crippen LogP contribution in [0.2, 0.25) is 5.02 Å². The molecule has 3 aromatic rings. The number of ether oxygens (including phenoxy) is 2. The third-order valence-corrected chi connectivity index (χ3v) is 7.87. The van der Waals surface area contributed by atoms with E-state index in [1.165, 1.54) is 36.5 Å². The maximum absolute atomic E-state index is 14.4.